The van der Waals surface area contributed by atoms with Crippen molar-refractivity contribution in [1.82, 2.24) is 5.32 Å². The van der Waals surface area contributed by atoms with Crippen molar-refractivity contribution >= 4 is 88.7 Å². The monoisotopic (exact) mass is 558 g/mol. The zero-order valence-electron chi connectivity index (χ0n) is 12.8. The molecule has 1 aliphatic heterocycles. The van der Waals surface area contributed by atoms with E-state index in [2.05, 4.69) is 53.1 Å². The molecule has 5 nitrogen and oxygen atoms in total. The summed E-state index contributed by atoms with van der Waals surface area (Å²) in [6.07, 6.45) is 1.44. The van der Waals surface area contributed by atoms with E-state index in [0.717, 1.165) is 4.47 Å². The average molecular weight is 561 g/mol. The Labute approximate surface area is 179 Å². The third kappa shape index (κ3) is 3.75. The third-order valence-corrected chi connectivity index (χ3v) is 5.51. The van der Waals surface area contributed by atoms with Crippen LogP contribution in [0.25, 0.3) is 6.08 Å². The fraction of sp³-hybridized carbons (Fsp3) is 0. The first kappa shape index (κ1) is 19.2. The lowest BCUT2D eigenvalue weighted by Gasteiger charge is -2.29. The normalized spacial score (nSPS) is 16.2. The Morgan fingerprint density at radius 3 is 2.35 bits per heavy atom. The zero-order valence-corrected chi connectivity index (χ0v) is 18.4. The van der Waals surface area contributed by atoms with Gasteiger partial charge >= 0.3 is 0 Å². The second-order valence-electron chi connectivity index (χ2n) is 5.27. The first-order chi connectivity index (χ1) is 12.3. The van der Waals surface area contributed by atoms with Crippen LogP contribution in [0.3, 0.4) is 0 Å². The van der Waals surface area contributed by atoms with Crippen molar-refractivity contribution in [2.75, 3.05) is 4.90 Å². The van der Waals surface area contributed by atoms with Crippen molar-refractivity contribution in [1.29, 1.82) is 0 Å². The molecule has 0 bridgehead atoms. The van der Waals surface area contributed by atoms with Gasteiger partial charge in [-0.3, -0.25) is 19.8 Å². The molecule has 1 aliphatic rings. The summed E-state index contributed by atoms with van der Waals surface area (Å²) >= 11 is 15.0. The van der Waals surface area contributed by atoms with Crippen LogP contribution in [0, 0.1) is 0 Å². The van der Waals surface area contributed by atoms with Crippen LogP contribution in [0.5, 0.6) is 5.75 Å². The lowest BCUT2D eigenvalue weighted by molar-refractivity contribution is -0.122. The number of aromatic hydroxyl groups is 1. The molecule has 0 aliphatic carbocycles. The van der Waals surface area contributed by atoms with E-state index >= 15 is 0 Å². The van der Waals surface area contributed by atoms with Gasteiger partial charge in [-0.1, -0.05) is 22.0 Å². The van der Waals surface area contributed by atoms with Crippen LogP contribution in [0.4, 0.5) is 5.69 Å². The molecule has 3 rings (SSSR count). The molecule has 2 aromatic carbocycles. The summed E-state index contributed by atoms with van der Waals surface area (Å²) in [5.74, 6) is -1.08. The molecular weight excluding hydrogens is 552 g/mol. The van der Waals surface area contributed by atoms with Crippen LogP contribution >= 0.6 is 60.0 Å². The van der Waals surface area contributed by atoms with E-state index in [4.69, 9.17) is 12.2 Å². The van der Waals surface area contributed by atoms with Crippen LogP contribution in [-0.4, -0.2) is 22.0 Å². The number of anilines is 1. The van der Waals surface area contributed by atoms with Gasteiger partial charge in [0.15, 0.2) is 5.11 Å². The van der Waals surface area contributed by atoms with Crippen LogP contribution in [0.15, 0.2) is 55.4 Å². The standard InChI is InChI=1S/C17H9Br3N2O3S/c18-9-2-1-3-10(7-9)22-16(25)11(15(24)21-17(22)26)4-8-5-12(19)14(23)13(20)6-8/h1-7,23H,(H,21,24,26)/b11-4+. The molecule has 9 heteroatoms. The molecule has 0 unspecified atom stereocenters. The van der Waals surface area contributed by atoms with Crippen LogP contribution in [0.1, 0.15) is 5.56 Å². The number of phenolic OH excluding ortho intramolecular Hbond substituents is 1. The predicted octanol–water partition coefficient (Wildman–Crippen LogP) is 4.51. The van der Waals surface area contributed by atoms with Gasteiger partial charge in [0.1, 0.15) is 11.3 Å². The number of amides is 2. The summed E-state index contributed by atoms with van der Waals surface area (Å²) in [5, 5.41) is 12.3. The average Bonchev–Trinajstić information content (AvgIpc) is 2.56. The summed E-state index contributed by atoms with van der Waals surface area (Å²) < 4.78 is 1.64. The number of halogens is 3. The molecule has 132 valence electrons. The Balaban J connectivity index is 2.06. The van der Waals surface area contributed by atoms with Gasteiger partial charge in [-0.15, -0.1) is 0 Å². The maximum atomic E-state index is 12.9. The second-order valence-corrected chi connectivity index (χ2v) is 8.28. The highest BCUT2D eigenvalue weighted by atomic mass is 79.9. The number of carbonyl (C=O) groups excluding carboxylic acids is 2. The minimum atomic E-state index is -0.577. The highest BCUT2D eigenvalue weighted by Gasteiger charge is 2.34. The number of rotatable bonds is 2. The molecule has 2 N–H and O–H groups in total. The summed E-state index contributed by atoms with van der Waals surface area (Å²) in [7, 11) is 0. The van der Waals surface area contributed by atoms with Crippen molar-refractivity contribution in [2.24, 2.45) is 0 Å². The van der Waals surface area contributed by atoms with Crippen LogP contribution in [0.2, 0.25) is 0 Å². The molecule has 0 aromatic heterocycles. The van der Waals surface area contributed by atoms with Crippen molar-refractivity contribution in [3.63, 3.8) is 0 Å². The smallest absolute Gasteiger partial charge is 0.270 e. The number of nitrogens with one attached hydrogen (secondary N) is 1. The number of nitrogens with zero attached hydrogens (tertiary/aromatic N) is 1. The van der Waals surface area contributed by atoms with E-state index in [1.807, 2.05) is 6.07 Å². The summed E-state index contributed by atoms with van der Waals surface area (Å²) in [6, 6.07) is 10.2. The summed E-state index contributed by atoms with van der Waals surface area (Å²) in [4.78, 5) is 26.5. The van der Waals surface area contributed by atoms with Gasteiger partial charge in [0.05, 0.1) is 14.6 Å². The molecule has 26 heavy (non-hydrogen) atoms. The number of benzene rings is 2. The minimum absolute atomic E-state index is 0.0170. The molecule has 2 aromatic rings. The molecule has 1 heterocycles. The predicted molar refractivity (Wildman–Crippen MR) is 114 cm³/mol. The Kier molecular flexibility index (Phi) is 5.61. The topological polar surface area (TPSA) is 69.6 Å². The Bertz CT molecular complexity index is 968. The fourth-order valence-electron chi connectivity index (χ4n) is 2.34. The minimum Gasteiger partial charge on any atom is -0.506 e. The summed E-state index contributed by atoms with van der Waals surface area (Å²) in [6.45, 7) is 0. The lowest BCUT2D eigenvalue weighted by Crippen LogP contribution is -2.54. The molecule has 2 amide bonds. The maximum Gasteiger partial charge on any atom is 0.270 e. The van der Waals surface area contributed by atoms with E-state index in [-0.39, 0.29) is 16.4 Å². The fourth-order valence-corrected chi connectivity index (χ4v) is 4.23. The Hall–Kier alpha value is -1.55. The van der Waals surface area contributed by atoms with Gasteiger partial charge < -0.3 is 5.11 Å². The second kappa shape index (κ2) is 7.59. The lowest BCUT2D eigenvalue weighted by atomic mass is 10.1. The van der Waals surface area contributed by atoms with E-state index in [1.165, 1.54) is 11.0 Å². The highest BCUT2D eigenvalue weighted by molar-refractivity contribution is 9.11. The van der Waals surface area contributed by atoms with E-state index in [9.17, 15) is 14.7 Å². The number of hydrogen-bond acceptors (Lipinski definition) is 4. The first-order valence-corrected chi connectivity index (χ1v) is 9.91. The van der Waals surface area contributed by atoms with E-state index in [1.54, 1.807) is 30.3 Å². The van der Waals surface area contributed by atoms with Crippen molar-refractivity contribution in [3.8, 4) is 5.75 Å². The van der Waals surface area contributed by atoms with Crippen molar-refractivity contribution in [2.45, 2.75) is 0 Å². The van der Waals surface area contributed by atoms with Gasteiger partial charge in [0, 0.05) is 4.47 Å². The Morgan fingerprint density at radius 1 is 1.08 bits per heavy atom. The molecule has 0 spiro atoms. The third-order valence-electron chi connectivity index (χ3n) is 3.52. The van der Waals surface area contributed by atoms with E-state index < -0.39 is 11.8 Å². The van der Waals surface area contributed by atoms with Crippen molar-refractivity contribution < 1.29 is 14.7 Å². The quantitative estimate of drug-likeness (QED) is 0.322. The van der Waals surface area contributed by atoms with Gasteiger partial charge in [0.25, 0.3) is 11.8 Å². The van der Waals surface area contributed by atoms with Gasteiger partial charge in [-0.25, -0.2) is 0 Å². The van der Waals surface area contributed by atoms with Crippen molar-refractivity contribution in [3.05, 3.63) is 61.0 Å². The SMILES string of the molecule is O=C1NC(=S)N(c2cccc(Br)c2)C(=O)/C1=C/c1cc(Br)c(O)c(Br)c1. The first-order valence-electron chi connectivity index (χ1n) is 7.13. The van der Waals surface area contributed by atoms with E-state index in [0.29, 0.717) is 20.2 Å². The molecule has 0 atom stereocenters. The van der Waals surface area contributed by atoms with Crippen LogP contribution < -0.4 is 10.2 Å². The highest BCUT2D eigenvalue weighted by Crippen LogP contribution is 2.34. The Morgan fingerprint density at radius 2 is 1.73 bits per heavy atom. The molecule has 0 saturated carbocycles. The molecule has 1 saturated heterocycles. The van der Waals surface area contributed by atoms with Gasteiger partial charge in [0.2, 0.25) is 0 Å². The maximum absolute atomic E-state index is 12.9. The summed E-state index contributed by atoms with van der Waals surface area (Å²) in [5.41, 5.74) is 1.03. The molecule has 1 fully saturated rings. The number of hydrogen-bond donors (Lipinski definition) is 2. The number of carbonyl (C=O) groups is 2. The van der Waals surface area contributed by atoms with Crippen LogP contribution in [-0.2, 0) is 9.59 Å². The zero-order chi connectivity index (χ0) is 19.0. The van der Waals surface area contributed by atoms with Gasteiger partial charge in [-0.2, -0.15) is 0 Å². The largest absolute Gasteiger partial charge is 0.506 e. The van der Waals surface area contributed by atoms with Gasteiger partial charge in [-0.05, 0) is 86.0 Å². The number of thiocarbonyl (C=S) groups is 1. The molecule has 0 radical (unpaired) electrons. The molecular formula is C17H9Br3N2O3S. The number of phenols is 1.